The Hall–Kier alpha value is -2.07. The Labute approximate surface area is 128 Å². The Morgan fingerprint density at radius 2 is 1.76 bits per heavy atom. The summed E-state index contributed by atoms with van der Waals surface area (Å²) in [6, 6.07) is 14.4. The van der Waals surface area contributed by atoms with E-state index in [2.05, 4.69) is 0 Å². The molecule has 108 valence electrons. The van der Waals surface area contributed by atoms with Crippen molar-refractivity contribution in [3.63, 3.8) is 0 Å². The molecule has 0 aliphatic carbocycles. The molecule has 0 aliphatic heterocycles. The van der Waals surface area contributed by atoms with Gasteiger partial charge in [0.05, 0.1) is 12.9 Å². The molecule has 0 fully saturated rings. The van der Waals surface area contributed by atoms with Crippen LogP contribution in [0.4, 0.5) is 0 Å². The molecule has 2 aromatic rings. The van der Waals surface area contributed by atoms with Crippen LogP contribution in [0.15, 0.2) is 53.4 Å². The third-order valence-corrected chi connectivity index (χ3v) is 4.03. The first kappa shape index (κ1) is 15.3. The number of rotatable bonds is 6. The van der Waals surface area contributed by atoms with Crippen molar-refractivity contribution in [3.8, 4) is 5.75 Å². The van der Waals surface area contributed by atoms with Crippen LogP contribution in [0.25, 0.3) is 0 Å². The minimum Gasteiger partial charge on any atom is -0.497 e. The predicted octanol–water partition coefficient (Wildman–Crippen LogP) is 3.87. The molecule has 0 aliphatic rings. The average molecular weight is 300 g/mol. The van der Waals surface area contributed by atoms with Crippen LogP contribution >= 0.6 is 11.8 Å². The van der Waals surface area contributed by atoms with Gasteiger partial charge in [-0.2, -0.15) is 0 Å². The highest BCUT2D eigenvalue weighted by Gasteiger charge is 2.08. The Balaban J connectivity index is 1.98. The van der Waals surface area contributed by atoms with Crippen LogP contribution in [0.2, 0.25) is 0 Å². The number of Topliss-reactive ketones (excluding diaryl/α,β-unsaturated/α-hetero) is 2. The van der Waals surface area contributed by atoms with E-state index < -0.39 is 0 Å². The molecular formula is C17H16O3S. The van der Waals surface area contributed by atoms with Crippen LogP contribution in [-0.2, 0) is 0 Å². The van der Waals surface area contributed by atoms with E-state index in [1.54, 1.807) is 37.4 Å². The molecule has 3 nitrogen and oxygen atoms in total. The molecule has 0 radical (unpaired) electrons. The lowest BCUT2D eigenvalue weighted by Crippen LogP contribution is -2.02. The Kier molecular flexibility index (Phi) is 5.17. The molecule has 0 heterocycles. The normalized spacial score (nSPS) is 10.2. The summed E-state index contributed by atoms with van der Waals surface area (Å²) in [4.78, 5) is 24.3. The lowest BCUT2D eigenvalue weighted by Gasteiger charge is -2.04. The van der Waals surface area contributed by atoms with Crippen molar-refractivity contribution in [2.75, 3.05) is 12.9 Å². The highest BCUT2D eigenvalue weighted by atomic mass is 32.2. The molecule has 0 N–H and O–H groups in total. The SMILES string of the molecule is COc1cccc(C(=O)CSc2ccc(C(C)=O)cc2)c1. The van der Waals surface area contributed by atoms with Gasteiger partial charge in [0.2, 0.25) is 0 Å². The molecule has 2 aromatic carbocycles. The van der Waals surface area contributed by atoms with Crippen molar-refractivity contribution < 1.29 is 14.3 Å². The van der Waals surface area contributed by atoms with Gasteiger partial charge in [-0.25, -0.2) is 0 Å². The van der Waals surface area contributed by atoms with Crippen molar-refractivity contribution in [3.05, 3.63) is 59.7 Å². The van der Waals surface area contributed by atoms with Crippen molar-refractivity contribution >= 4 is 23.3 Å². The summed E-state index contributed by atoms with van der Waals surface area (Å²) in [6.07, 6.45) is 0. The van der Waals surface area contributed by atoms with Gasteiger partial charge in [0.15, 0.2) is 11.6 Å². The fraction of sp³-hybridized carbons (Fsp3) is 0.176. The number of carbonyl (C=O) groups excluding carboxylic acids is 2. The largest absolute Gasteiger partial charge is 0.497 e. The summed E-state index contributed by atoms with van der Waals surface area (Å²) < 4.78 is 5.11. The van der Waals surface area contributed by atoms with Gasteiger partial charge in [-0.3, -0.25) is 9.59 Å². The molecule has 0 amide bonds. The fourth-order valence-electron chi connectivity index (χ4n) is 1.81. The van der Waals surface area contributed by atoms with Gasteiger partial charge in [0.25, 0.3) is 0 Å². The van der Waals surface area contributed by atoms with Crippen LogP contribution in [-0.4, -0.2) is 24.4 Å². The van der Waals surface area contributed by atoms with Crippen molar-refractivity contribution in [2.24, 2.45) is 0 Å². The zero-order valence-corrected chi connectivity index (χ0v) is 12.8. The number of carbonyl (C=O) groups is 2. The molecule has 0 aromatic heterocycles. The summed E-state index contributed by atoms with van der Waals surface area (Å²) in [5.41, 5.74) is 1.32. The predicted molar refractivity (Wildman–Crippen MR) is 84.5 cm³/mol. The lowest BCUT2D eigenvalue weighted by atomic mass is 10.1. The second-order valence-electron chi connectivity index (χ2n) is 4.52. The molecule has 0 unspecified atom stereocenters. The first-order valence-corrected chi connectivity index (χ1v) is 7.50. The first-order chi connectivity index (χ1) is 10.1. The summed E-state index contributed by atoms with van der Waals surface area (Å²) in [5, 5.41) is 0. The average Bonchev–Trinajstić information content (AvgIpc) is 2.53. The van der Waals surface area contributed by atoms with Crippen molar-refractivity contribution in [2.45, 2.75) is 11.8 Å². The van der Waals surface area contributed by atoms with E-state index in [1.165, 1.54) is 18.7 Å². The second-order valence-corrected chi connectivity index (χ2v) is 5.57. The number of ether oxygens (including phenoxy) is 1. The third-order valence-electron chi connectivity index (χ3n) is 3.02. The number of benzene rings is 2. The number of methoxy groups -OCH3 is 1. The molecular weight excluding hydrogens is 284 g/mol. The molecule has 0 atom stereocenters. The summed E-state index contributed by atoms with van der Waals surface area (Å²) in [7, 11) is 1.58. The summed E-state index contributed by atoms with van der Waals surface area (Å²) in [6.45, 7) is 1.54. The maximum atomic E-state index is 12.1. The fourth-order valence-corrected chi connectivity index (χ4v) is 2.61. The quantitative estimate of drug-likeness (QED) is 0.600. The number of ketones is 2. The third kappa shape index (κ3) is 4.20. The second kappa shape index (κ2) is 7.09. The van der Waals surface area contributed by atoms with E-state index in [9.17, 15) is 9.59 Å². The van der Waals surface area contributed by atoms with Crippen LogP contribution in [0.1, 0.15) is 27.6 Å². The zero-order valence-electron chi connectivity index (χ0n) is 12.0. The smallest absolute Gasteiger partial charge is 0.173 e. The summed E-state index contributed by atoms with van der Waals surface area (Å²) >= 11 is 1.46. The van der Waals surface area contributed by atoms with Crippen molar-refractivity contribution in [1.29, 1.82) is 0 Å². The first-order valence-electron chi connectivity index (χ1n) is 6.51. The van der Waals surface area contributed by atoms with Crippen molar-refractivity contribution in [1.82, 2.24) is 0 Å². The van der Waals surface area contributed by atoms with Crippen LogP contribution < -0.4 is 4.74 Å². The topological polar surface area (TPSA) is 43.4 Å². The molecule has 0 saturated carbocycles. The van der Waals surface area contributed by atoms with Crippen LogP contribution in [0.3, 0.4) is 0 Å². The van der Waals surface area contributed by atoms with Gasteiger partial charge in [-0.1, -0.05) is 24.3 Å². The van der Waals surface area contributed by atoms with E-state index in [4.69, 9.17) is 4.74 Å². The van der Waals surface area contributed by atoms with Gasteiger partial charge < -0.3 is 4.74 Å². The number of hydrogen-bond acceptors (Lipinski definition) is 4. The Morgan fingerprint density at radius 1 is 1.05 bits per heavy atom. The van der Waals surface area contributed by atoms with Gasteiger partial charge in [0.1, 0.15) is 5.75 Å². The minimum atomic E-state index is 0.0407. The van der Waals surface area contributed by atoms with E-state index in [-0.39, 0.29) is 11.6 Å². The highest BCUT2D eigenvalue weighted by Crippen LogP contribution is 2.21. The van der Waals surface area contributed by atoms with E-state index in [0.29, 0.717) is 22.6 Å². The van der Waals surface area contributed by atoms with Gasteiger partial charge >= 0.3 is 0 Å². The minimum absolute atomic E-state index is 0.0407. The van der Waals surface area contributed by atoms with Gasteiger partial charge in [-0.05, 0) is 31.2 Å². The van der Waals surface area contributed by atoms with E-state index in [1.807, 2.05) is 18.2 Å². The Bertz CT molecular complexity index is 647. The highest BCUT2D eigenvalue weighted by molar-refractivity contribution is 8.00. The molecule has 21 heavy (non-hydrogen) atoms. The van der Waals surface area contributed by atoms with Crippen LogP contribution in [0, 0.1) is 0 Å². The van der Waals surface area contributed by atoms with E-state index in [0.717, 1.165) is 4.90 Å². The molecule has 0 saturated heterocycles. The maximum Gasteiger partial charge on any atom is 0.173 e. The zero-order chi connectivity index (χ0) is 15.2. The lowest BCUT2D eigenvalue weighted by molar-refractivity contribution is 0.101. The molecule has 4 heteroatoms. The van der Waals surface area contributed by atoms with Gasteiger partial charge in [0, 0.05) is 16.0 Å². The Morgan fingerprint density at radius 3 is 2.38 bits per heavy atom. The standard InChI is InChI=1S/C17H16O3S/c1-12(18)13-6-8-16(9-7-13)21-11-17(19)14-4-3-5-15(10-14)20-2/h3-10H,11H2,1-2H3. The summed E-state index contributed by atoms with van der Waals surface area (Å²) in [5.74, 6) is 1.12. The maximum absolute atomic E-state index is 12.1. The number of hydrogen-bond donors (Lipinski definition) is 0. The number of thioether (sulfide) groups is 1. The van der Waals surface area contributed by atoms with Gasteiger partial charge in [-0.15, -0.1) is 11.8 Å². The monoisotopic (exact) mass is 300 g/mol. The molecule has 0 spiro atoms. The van der Waals surface area contributed by atoms with Crippen LogP contribution in [0.5, 0.6) is 5.75 Å². The molecule has 0 bridgehead atoms. The van der Waals surface area contributed by atoms with E-state index >= 15 is 0 Å². The molecule has 2 rings (SSSR count).